The highest BCUT2D eigenvalue weighted by atomic mass is 32.2. The fraction of sp³-hybridized carbons (Fsp3) is 0.667. The molecule has 0 aromatic heterocycles. The highest BCUT2D eigenvalue weighted by molar-refractivity contribution is 7.98. The van der Waals surface area contributed by atoms with Gasteiger partial charge < -0.3 is 5.32 Å². The predicted molar refractivity (Wildman–Crippen MR) is 95.1 cm³/mol. The van der Waals surface area contributed by atoms with E-state index in [1.165, 1.54) is 50.1 Å². The van der Waals surface area contributed by atoms with E-state index in [2.05, 4.69) is 53.7 Å². The summed E-state index contributed by atoms with van der Waals surface area (Å²) in [6, 6.07) is 10.9. The van der Waals surface area contributed by atoms with Gasteiger partial charge in [-0.15, -0.1) is 0 Å². The average molecular weight is 307 g/mol. The number of hydrogen-bond acceptors (Lipinski definition) is 3. The molecule has 1 aliphatic rings. The lowest BCUT2D eigenvalue weighted by Crippen LogP contribution is -2.56. The Morgan fingerprint density at radius 2 is 1.90 bits per heavy atom. The molecule has 1 aromatic rings. The van der Waals surface area contributed by atoms with Gasteiger partial charge in [0.25, 0.3) is 0 Å². The Kier molecular flexibility index (Phi) is 7.08. The maximum atomic E-state index is 3.72. The van der Waals surface area contributed by atoms with E-state index in [4.69, 9.17) is 0 Å². The number of nitrogens with one attached hydrogen (secondary N) is 1. The molecular formula is C18H30N2S. The Hall–Kier alpha value is -0.510. The first kappa shape index (κ1) is 16.9. The van der Waals surface area contributed by atoms with Crippen LogP contribution in [-0.4, -0.2) is 43.1 Å². The highest BCUT2D eigenvalue weighted by Crippen LogP contribution is 2.24. The Morgan fingerprint density at radius 1 is 1.14 bits per heavy atom. The van der Waals surface area contributed by atoms with Crippen LogP contribution in [0.5, 0.6) is 0 Å². The van der Waals surface area contributed by atoms with Crippen molar-refractivity contribution in [2.45, 2.75) is 38.1 Å². The number of piperazine rings is 1. The first-order chi connectivity index (χ1) is 10.2. The van der Waals surface area contributed by atoms with Gasteiger partial charge in [-0.2, -0.15) is 11.8 Å². The van der Waals surface area contributed by atoms with Gasteiger partial charge in [0.1, 0.15) is 0 Å². The maximum absolute atomic E-state index is 3.72. The number of unbranched alkanes of at least 4 members (excludes halogenated alkanes) is 3. The zero-order chi connectivity index (χ0) is 15.0. The summed E-state index contributed by atoms with van der Waals surface area (Å²) in [5.41, 5.74) is 1.52. The third-order valence-electron chi connectivity index (χ3n) is 4.47. The smallest absolute Gasteiger partial charge is 0.0535 e. The summed E-state index contributed by atoms with van der Waals surface area (Å²) in [7, 11) is 0. The van der Waals surface area contributed by atoms with Crippen molar-refractivity contribution in [1.29, 1.82) is 0 Å². The van der Waals surface area contributed by atoms with Crippen LogP contribution in [0.4, 0.5) is 0 Å². The summed E-state index contributed by atoms with van der Waals surface area (Å²) in [5, 5.41) is 3.72. The van der Waals surface area contributed by atoms with Gasteiger partial charge >= 0.3 is 0 Å². The van der Waals surface area contributed by atoms with E-state index in [0.29, 0.717) is 0 Å². The molecule has 1 saturated heterocycles. The van der Waals surface area contributed by atoms with Crippen LogP contribution in [0.2, 0.25) is 0 Å². The molecule has 2 rings (SSSR count). The van der Waals surface area contributed by atoms with Crippen molar-refractivity contribution in [3.8, 4) is 0 Å². The molecule has 0 saturated carbocycles. The van der Waals surface area contributed by atoms with Gasteiger partial charge in [-0.05, 0) is 43.9 Å². The van der Waals surface area contributed by atoms with Crippen molar-refractivity contribution in [3.63, 3.8) is 0 Å². The van der Waals surface area contributed by atoms with E-state index in [0.717, 1.165) is 13.1 Å². The average Bonchev–Trinajstić information content (AvgIpc) is 2.52. The maximum Gasteiger partial charge on any atom is 0.0535 e. The van der Waals surface area contributed by atoms with Crippen molar-refractivity contribution in [2.75, 3.05) is 38.2 Å². The summed E-state index contributed by atoms with van der Waals surface area (Å²) in [4.78, 5) is 2.64. The third kappa shape index (κ3) is 5.32. The molecule has 0 bridgehead atoms. The van der Waals surface area contributed by atoms with Gasteiger partial charge in [0.2, 0.25) is 0 Å². The van der Waals surface area contributed by atoms with Crippen LogP contribution < -0.4 is 5.32 Å². The van der Waals surface area contributed by atoms with E-state index < -0.39 is 0 Å². The van der Waals surface area contributed by atoms with Crippen molar-refractivity contribution >= 4 is 11.8 Å². The van der Waals surface area contributed by atoms with Crippen LogP contribution in [0.15, 0.2) is 30.3 Å². The van der Waals surface area contributed by atoms with Crippen molar-refractivity contribution in [2.24, 2.45) is 0 Å². The monoisotopic (exact) mass is 306 g/mol. The predicted octanol–water partition coefficient (Wildman–Crippen LogP) is 3.73. The quantitative estimate of drug-likeness (QED) is 0.737. The molecular weight excluding hydrogens is 276 g/mol. The fourth-order valence-electron chi connectivity index (χ4n) is 3.20. The molecule has 0 spiro atoms. The van der Waals surface area contributed by atoms with Gasteiger partial charge in [-0.1, -0.05) is 43.2 Å². The van der Waals surface area contributed by atoms with E-state index in [1.54, 1.807) is 0 Å². The molecule has 1 aromatic carbocycles. The standard InChI is InChI=1S/C18H30N2S/c1-18(17-10-6-5-7-11-17)16-20(14-12-19-18)13-8-3-4-9-15-21-2/h5-7,10-11,19H,3-4,8-9,12-16H2,1-2H3. The second-order valence-corrected chi connectivity index (χ2v) is 7.29. The van der Waals surface area contributed by atoms with Crippen LogP contribution in [0.25, 0.3) is 0 Å². The van der Waals surface area contributed by atoms with Crippen LogP contribution in [0.1, 0.15) is 38.2 Å². The third-order valence-corrected chi connectivity index (χ3v) is 5.16. The van der Waals surface area contributed by atoms with E-state index in [-0.39, 0.29) is 5.54 Å². The highest BCUT2D eigenvalue weighted by Gasteiger charge is 2.31. The number of thioether (sulfide) groups is 1. The van der Waals surface area contributed by atoms with Crippen LogP contribution in [0.3, 0.4) is 0 Å². The topological polar surface area (TPSA) is 15.3 Å². The molecule has 21 heavy (non-hydrogen) atoms. The summed E-state index contributed by atoms with van der Waals surface area (Å²) in [6.07, 6.45) is 7.70. The summed E-state index contributed by atoms with van der Waals surface area (Å²) < 4.78 is 0. The van der Waals surface area contributed by atoms with Gasteiger partial charge in [0.15, 0.2) is 0 Å². The molecule has 3 heteroatoms. The summed E-state index contributed by atoms with van der Waals surface area (Å²) >= 11 is 1.97. The fourth-order valence-corrected chi connectivity index (χ4v) is 3.69. The largest absolute Gasteiger partial charge is 0.305 e. The zero-order valence-electron chi connectivity index (χ0n) is 13.6. The van der Waals surface area contributed by atoms with E-state index >= 15 is 0 Å². The number of hydrogen-bond donors (Lipinski definition) is 1. The summed E-state index contributed by atoms with van der Waals surface area (Å²) in [6.45, 7) is 7.00. The first-order valence-corrected chi connectivity index (χ1v) is 9.66. The Balaban J connectivity index is 1.76. The second kappa shape index (κ2) is 8.82. The van der Waals surface area contributed by atoms with Crippen LogP contribution in [-0.2, 0) is 5.54 Å². The van der Waals surface area contributed by atoms with E-state index in [1.807, 2.05) is 11.8 Å². The molecule has 1 aliphatic heterocycles. The number of rotatable bonds is 8. The van der Waals surface area contributed by atoms with Gasteiger partial charge in [0.05, 0.1) is 5.54 Å². The SMILES string of the molecule is CSCCCCCCN1CCNC(C)(c2ccccc2)C1. The molecule has 118 valence electrons. The lowest BCUT2D eigenvalue weighted by atomic mass is 9.89. The Morgan fingerprint density at radius 3 is 2.67 bits per heavy atom. The van der Waals surface area contributed by atoms with E-state index in [9.17, 15) is 0 Å². The molecule has 0 aliphatic carbocycles. The zero-order valence-corrected chi connectivity index (χ0v) is 14.4. The molecule has 1 heterocycles. The molecule has 1 N–H and O–H groups in total. The number of nitrogens with zero attached hydrogens (tertiary/aromatic N) is 1. The lowest BCUT2D eigenvalue weighted by molar-refractivity contribution is 0.140. The second-order valence-electron chi connectivity index (χ2n) is 6.31. The molecule has 0 amide bonds. The van der Waals surface area contributed by atoms with Crippen molar-refractivity contribution < 1.29 is 0 Å². The lowest BCUT2D eigenvalue weighted by Gasteiger charge is -2.42. The van der Waals surface area contributed by atoms with Crippen molar-refractivity contribution in [1.82, 2.24) is 10.2 Å². The normalized spacial score (nSPS) is 23.3. The minimum Gasteiger partial charge on any atom is -0.305 e. The Labute approximate surface area is 134 Å². The molecule has 0 radical (unpaired) electrons. The Bertz CT molecular complexity index is 395. The minimum atomic E-state index is 0.109. The molecule has 1 unspecified atom stereocenters. The summed E-state index contributed by atoms with van der Waals surface area (Å²) in [5.74, 6) is 1.32. The van der Waals surface area contributed by atoms with Crippen molar-refractivity contribution in [3.05, 3.63) is 35.9 Å². The molecule has 1 fully saturated rings. The van der Waals surface area contributed by atoms with Gasteiger partial charge in [-0.3, -0.25) is 4.90 Å². The van der Waals surface area contributed by atoms with Gasteiger partial charge in [-0.25, -0.2) is 0 Å². The van der Waals surface area contributed by atoms with Crippen LogP contribution >= 0.6 is 11.8 Å². The molecule has 1 atom stereocenters. The molecule has 2 nitrogen and oxygen atoms in total. The van der Waals surface area contributed by atoms with Gasteiger partial charge in [0, 0.05) is 19.6 Å². The first-order valence-electron chi connectivity index (χ1n) is 8.26. The van der Waals surface area contributed by atoms with Crippen LogP contribution in [0, 0.1) is 0 Å². The minimum absolute atomic E-state index is 0.109. The number of benzene rings is 1.